The van der Waals surface area contributed by atoms with E-state index < -0.39 is 0 Å². The lowest BCUT2D eigenvalue weighted by molar-refractivity contribution is -0.116. The van der Waals surface area contributed by atoms with Gasteiger partial charge in [0.15, 0.2) is 5.11 Å². The number of amides is 1. The molecule has 4 aromatic rings. The molecular formula is C28H27N5O2S. The summed E-state index contributed by atoms with van der Waals surface area (Å²) in [7, 11) is 0. The SMILES string of the molecule is Cc1cc(C2C(c3ccccn3)NC(=S)N2CC(=O)Nc2ccccc2)c(C)n1-c1ccccc1O. The highest BCUT2D eigenvalue weighted by atomic mass is 32.1. The second-order valence-corrected chi connectivity index (χ2v) is 9.21. The first-order valence-electron chi connectivity index (χ1n) is 11.7. The summed E-state index contributed by atoms with van der Waals surface area (Å²) in [5, 5.41) is 17.4. The molecule has 36 heavy (non-hydrogen) atoms. The van der Waals surface area contributed by atoms with Crippen LogP contribution < -0.4 is 10.6 Å². The third-order valence-corrected chi connectivity index (χ3v) is 6.83. The van der Waals surface area contributed by atoms with Crippen molar-refractivity contribution >= 4 is 28.9 Å². The number of aryl methyl sites for hydroxylation is 1. The Kier molecular flexibility index (Phi) is 6.43. The summed E-state index contributed by atoms with van der Waals surface area (Å²) in [6.45, 7) is 4.11. The van der Waals surface area contributed by atoms with E-state index in [1.165, 1.54) is 0 Å². The summed E-state index contributed by atoms with van der Waals surface area (Å²) in [6, 6.07) is 24.0. The Labute approximate surface area is 215 Å². The van der Waals surface area contributed by atoms with E-state index in [1.807, 2.05) is 84.0 Å². The van der Waals surface area contributed by atoms with Crippen molar-refractivity contribution in [3.05, 3.63) is 108 Å². The monoisotopic (exact) mass is 497 g/mol. The molecule has 3 heterocycles. The van der Waals surface area contributed by atoms with Gasteiger partial charge in [0, 0.05) is 23.3 Å². The number of anilines is 1. The predicted octanol–water partition coefficient (Wildman–Crippen LogP) is 4.81. The number of thiocarbonyl (C=S) groups is 1. The largest absolute Gasteiger partial charge is 0.506 e. The Balaban J connectivity index is 1.55. The van der Waals surface area contributed by atoms with Gasteiger partial charge in [0.25, 0.3) is 0 Å². The molecule has 2 aromatic heterocycles. The minimum atomic E-state index is -0.278. The average molecular weight is 498 g/mol. The topological polar surface area (TPSA) is 82.4 Å². The molecule has 0 saturated carbocycles. The highest BCUT2D eigenvalue weighted by Crippen LogP contribution is 2.41. The minimum absolute atomic E-state index is 0.0784. The molecule has 1 aliphatic rings. The second kappa shape index (κ2) is 9.83. The molecule has 7 nitrogen and oxygen atoms in total. The van der Waals surface area contributed by atoms with E-state index in [9.17, 15) is 9.90 Å². The Morgan fingerprint density at radius 3 is 2.50 bits per heavy atom. The van der Waals surface area contributed by atoms with Gasteiger partial charge in [-0.25, -0.2) is 0 Å². The number of aromatic hydroxyl groups is 1. The first kappa shape index (κ1) is 23.6. The third-order valence-electron chi connectivity index (χ3n) is 6.48. The maximum Gasteiger partial charge on any atom is 0.244 e. The summed E-state index contributed by atoms with van der Waals surface area (Å²) >= 11 is 5.74. The number of nitrogens with zero attached hydrogens (tertiary/aromatic N) is 3. The number of phenols is 1. The van der Waals surface area contributed by atoms with Gasteiger partial charge in [0.1, 0.15) is 12.3 Å². The molecular weight excluding hydrogens is 470 g/mol. The van der Waals surface area contributed by atoms with Crippen molar-refractivity contribution in [2.45, 2.75) is 25.9 Å². The highest BCUT2D eigenvalue weighted by Gasteiger charge is 2.42. The summed E-state index contributed by atoms with van der Waals surface area (Å²) in [5.74, 6) is 0.0396. The molecule has 5 rings (SSSR count). The lowest BCUT2D eigenvalue weighted by Crippen LogP contribution is -2.37. The number of rotatable bonds is 6. The fourth-order valence-corrected chi connectivity index (χ4v) is 5.21. The molecule has 0 spiro atoms. The van der Waals surface area contributed by atoms with E-state index in [0.717, 1.165) is 28.3 Å². The fourth-order valence-electron chi connectivity index (χ4n) is 4.90. The molecule has 0 bridgehead atoms. The highest BCUT2D eigenvalue weighted by molar-refractivity contribution is 7.80. The number of para-hydroxylation sites is 3. The Hall–Kier alpha value is -4.17. The molecule has 2 aromatic carbocycles. The van der Waals surface area contributed by atoms with Crippen molar-refractivity contribution in [1.82, 2.24) is 19.8 Å². The van der Waals surface area contributed by atoms with Crippen LogP contribution in [-0.4, -0.2) is 37.1 Å². The normalized spacial score (nSPS) is 17.2. The fraction of sp³-hybridized carbons (Fsp3) is 0.179. The molecule has 1 fully saturated rings. The molecule has 182 valence electrons. The van der Waals surface area contributed by atoms with Crippen LogP contribution in [0.1, 0.15) is 34.7 Å². The maximum absolute atomic E-state index is 13.1. The zero-order chi connectivity index (χ0) is 25.2. The molecule has 1 saturated heterocycles. The second-order valence-electron chi connectivity index (χ2n) is 8.82. The first-order valence-corrected chi connectivity index (χ1v) is 12.1. The van der Waals surface area contributed by atoms with Crippen molar-refractivity contribution in [2.75, 3.05) is 11.9 Å². The van der Waals surface area contributed by atoms with Crippen LogP contribution in [0.5, 0.6) is 5.75 Å². The maximum atomic E-state index is 13.1. The summed E-state index contributed by atoms with van der Waals surface area (Å²) in [5.41, 5.74) is 5.20. The van der Waals surface area contributed by atoms with Crippen LogP contribution in [-0.2, 0) is 4.79 Å². The number of aromatic nitrogens is 2. The number of nitrogens with one attached hydrogen (secondary N) is 2. The smallest absolute Gasteiger partial charge is 0.244 e. The standard InChI is InChI=1S/C28H27N5O2S/c1-18-16-21(19(2)33(18)23-13-6-7-14-24(23)34)27-26(22-12-8-9-15-29-22)31-28(36)32(27)17-25(35)30-20-10-4-3-5-11-20/h3-16,26-27,34H,17H2,1-2H3,(H,30,35)(H,31,36). The number of hydrogen-bond acceptors (Lipinski definition) is 4. The van der Waals surface area contributed by atoms with E-state index in [4.69, 9.17) is 12.2 Å². The molecule has 3 N–H and O–H groups in total. The zero-order valence-corrected chi connectivity index (χ0v) is 20.9. The molecule has 2 unspecified atom stereocenters. The van der Waals surface area contributed by atoms with E-state index in [2.05, 4.69) is 21.7 Å². The number of carbonyl (C=O) groups excluding carboxylic acids is 1. The Bertz CT molecular complexity index is 1400. The van der Waals surface area contributed by atoms with Crippen LogP contribution in [0.2, 0.25) is 0 Å². The van der Waals surface area contributed by atoms with E-state index in [0.29, 0.717) is 10.8 Å². The van der Waals surface area contributed by atoms with Crippen molar-refractivity contribution in [3.8, 4) is 11.4 Å². The van der Waals surface area contributed by atoms with E-state index in [-0.39, 0.29) is 30.3 Å². The van der Waals surface area contributed by atoms with Gasteiger partial charge in [-0.15, -0.1) is 0 Å². The van der Waals surface area contributed by atoms with Crippen LogP contribution in [0.25, 0.3) is 5.69 Å². The first-order chi connectivity index (χ1) is 17.4. The van der Waals surface area contributed by atoms with E-state index >= 15 is 0 Å². The number of hydrogen-bond donors (Lipinski definition) is 3. The third kappa shape index (κ3) is 4.43. The van der Waals surface area contributed by atoms with Crippen LogP contribution in [0.15, 0.2) is 85.1 Å². The van der Waals surface area contributed by atoms with Gasteiger partial charge in [0.2, 0.25) is 5.91 Å². The van der Waals surface area contributed by atoms with E-state index in [1.54, 1.807) is 18.3 Å². The minimum Gasteiger partial charge on any atom is -0.506 e. The van der Waals surface area contributed by atoms with Crippen LogP contribution in [0.4, 0.5) is 5.69 Å². The summed E-state index contributed by atoms with van der Waals surface area (Å²) < 4.78 is 2.03. The predicted molar refractivity (Wildman–Crippen MR) is 144 cm³/mol. The van der Waals surface area contributed by atoms with Crippen molar-refractivity contribution in [3.63, 3.8) is 0 Å². The van der Waals surface area contributed by atoms with Crippen molar-refractivity contribution in [1.29, 1.82) is 0 Å². The van der Waals surface area contributed by atoms with Crippen LogP contribution in [0, 0.1) is 13.8 Å². The number of benzene rings is 2. The van der Waals surface area contributed by atoms with Gasteiger partial charge in [0.05, 0.1) is 23.5 Å². The van der Waals surface area contributed by atoms with Gasteiger partial charge >= 0.3 is 0 Å². The van der Waals surface area contributed by atoms with Gasteiger partial charge in [-0.05, 0) is 74.1 Å². The van der Waals surface area contributed by atoms with Gasteiger partial charge in [-0.2, -0.15) is 0 Å². The molecule has 0 radical (unpaired) electrons. The summed E-state index contributed by atoms with van der Waals surface area (Å²) in [6.07, 6.45) is 1.76. The Morgan fingerprint density at radius 1 is 1.06 bits per heavy atom. The van der Waals surface area contributed by atoms with Crippen molar-refractivity contribution in [2.24, 2.45) is 0 Å². The molecule has 1 amide bonds. The molecule has 2 atom stereocenters. The van der Waals surface area contributed by atoms with Gasteiger partial charge < -0.3 is 25.2 Å². The lowest BCUT2D eigenvalue weighted by atomic mass is 9.96. The van der Waals surface area contributed by atoms with Crippen LogP contribution in [0.3, 0.4) is 0 Å². The molecule has 8 heteroatoms. The number of carbonyl (C=O) groups is 1. The quantitative estimate of drug-likeness (QED) is 0.332. The average Bonchev–Trinajstić information content (AvgIpc) is 3.35. The van der Waals surface area contributed by atoms with Gasteiger partial charge in [-0.1, -0.05) is 36.4 Å². The Morgan fingerprint density at radius 2 is 1.78 bits per heavy atom. The zero-order valence-electron chi connectivity index (χ0n) is 20.1. The molecule has 0 aliphatic carbocycles. The summed E-state index contributed by atoms with van der Waals surface area (Å²) in [4.78, 5) is 19.6. The molecule has 1 aliphatic heterocycles. The number of pyridine rings is 1. The van der Waals surface area contributed by atoms with Crippen LogP contribution >= 0.6 is 12.2 Å². The lowest BCUT2D eigenvalue weighted by Gasteiger charge is -2.27. The van der Waals surface area contributed by atoms with Crippen molar-refractivity contribution < 1.29 is 9.90 Å². The number of phenolic OH excluding ortho intramolecular Hbond substituents is 1. The van der Waals surface area contributed by atoms with Gasteiger partial charge in [-0.3, -0.25) is 9.78 Å².